The molecule has 4 heterocycles. The molecule has 15 nitrogen and oxygen atoms in total. The molecule has 4 rings (SSSR count). The molecule has 0 bridgehead atoms. The molecule has 2 amide bonds. The molecule has 0 spiro atoms. The zero-order valence-electron chi connectivity index (χ0n) is 19.3. The molecule has 0 aromatic carbocycles. The molecule has 2 aromatic rings. The number of ether oxygens (including phenoxy) is 1. The van der Waals surface area contributed by atoms with Gasteiger partial charge in [-0.3, -0.25) is 9.78 Å². The van der Waals surface area contributed by atoms with Gasteiger partial charge in [-0.05, 0) is 19.2 Å². The summed E-state index contributed by atoms with van der Waals surface area (Å²) in [6, 6.07) is 3.20. The number of fused-ring (bicyclic) bond motifs is 1. The molecule has 2 aromatic heterocycles. The molecule has 0 aliphatic carbocycles. The van der Waals surface area contributed by atoms with Crippen LogP contribution in [0.15, 0.2) is 30.7 Å². The first kappa shape index (κ1) is 27.7. The van der Waals surface area contributed by atoms with Gasteiger partial charge in [0.1, 0.15) is 23.7 Å². The number of piperazine rings is 1. The summed E-state index contributed by atoms with van der Waals surface area (Å²) in [6.45, 7) is 2.64. The predicted octanol–water partition coefficient (Wildman–Crippen LogP) is -3.22. The fraction of sp³-hybridized carbons (Fsp3) is 0.381. The quantitative estimate of drug-likeness (QED) is 0.385. The molecule has 37 heavy (non-hydrogen) atoms. The second-order valence-corrected chi connectivity index (χ2v) is 8.29. The van der Waals surface area contributed by atoms with Crippen molar-refractivity contribution in [3.05, 3.63) is 47.1 Å². The number of carboxylic acid groups (broad SMARTS) is 2. The molecule has 0 saturated carbocycles. The van der Waals surface area contributed by atoms with Crippen molar-refractivity contribution in [3.63, 3.8) is 0 Å². The minimum Gasteiger partial charge on any atom is -0.547 e. The lowest BCUT2D eigenvalue weighted by Gasteiger charge is -2.33. The topological polar surface area (TPSA) is 212 Å². The van der Waals surface area contributed by atoms with Crippen molar-refractivity contribution in [1.82, 2.24) is 24.8 Å². The van der Waals surface area contributed by atoms with Crippen LogP contribution in [-0.4, -0.2) is 104 Å². The number of carboxylic acids is 2. The number of anilines is 1. The lowest BCUT2D eigenvalue weighted by Crippen LogP contribution is -2.51. The molecule has 16 heteroatoms. The zero-order chi connectivity index (χ0) is 27.3. The van der Waals surface area contributed by atoms with Gasteiger partial charge in [-0.2, -0.15) is 0 Å². The number of carbonyl (C=O) groups excluding carboxylic acids is 4. The number of pyridine rings is 1. The van der Waals surface area contributed by atoms with E-state index in [0.29, 0.717) is 29.6 Å². The third kappa shape index (κ3) is 6.45. The fourth-order valence-electron chi connectivity index (χ4n) is 3.30. The number of nitrogens with zero attached hydrogens (tertiary/aromatic N) is 6. The van der Waals surface area contributed by atoms with Gasteiger partial charge in [0, 0.05) is 44.8 Å². The Balaban J connectivity index is 0.000000325. The minimum atomic E-state index is -2.44. The third-order valence-electron chi connectivity index (χ3n) is 5.33. The molecular formula is C21H21ClN6O9-2. The maximum atomic E-state index is 12.8. The van der Waals surface area contributed by atoms with Crippen molar-refractivity contribution in [3.8, 4) is 0 Å². The number of halogens is 1. The van der Waals surface area contributed by atoms with E-state index in [2.05, 4.69) is 19.9 Å². The predicted molar refractivity (Wildman–Crippen MR) is 118 cm³/mol. The summed E-state index contributed by atoms with van der Waals surface area (Å²) in [7, 11) is 2.00. The Morgan fingerprint density at radius 2 is 1.62 bits per heavy atom. The molecule has 1 saturated heterocycles. The van der Waals surface area contributed by atoms with Crippen molar-refractivity contribution >= 4 is 41.4 Å². The molecule has 2 N–H and O–H groups in total. The van der Waals surface area contributed by atoms with Crippen LogP contribution in [0.3, 0.4) is 0 Å². The van der Waals surface area contributed by atoms with Crippen LogP contribution in [0, 0.1) is 0 Å². The number of hydrogen-bond acceptors (Lipinski definition) is 13. The van der Waals surface area contributed by atoms with E-state index in [0.717, 1.165) is 13.1 Å². The Bertz CT molecular complexity index is 1140. The van der Waals surface area contributed by atoms with Crippen LogP contribution in [0.1, 0.15) is 22.4 Å². The average Bonchev–Trinajstić information content (AvgIpc) is 3.15. The van der Waals surface area contributed by atoms with Crippen molar-refractivity contribution < 1.29 is 44.3 Å². The first-order chi connectivity index (χ1) is 17.5. The highest BCUT2D eigenvalue weighted by atomic mass is 35.5. The summed E-state index contributed by atoms with van der Waals surface area (Å²) >= 11 is 5.89. The number of hydrogen-bond donors (Lipinski definition) is 2. The Morgan fingerprint density at radius 1 is 1.03 bits per heavy atom. The highest BCUT2D eigenvalue weighted by Gasteiger charge is 2.44. The van der Waals surface area contributed by atoms with Gasteiger partial charge in [0.05, 0.1) is 17.0 Å². The molecule has 198 valence electrons. The van der Waals surface area contributed by atoms with Crippen molar-refractivity contribution in [2.24, 2.45) is 0 Å². The first-order valence-electron chi connectivity index (χ1n) is 10.7. The second-order valence-electron chi connectivity index (χ2n) is 7.85. The van der Waals surface area contributed by atoms with Gasteiger partial charge in [-0.25, -0.2) is 19.7 Å². The Kier molecular flexibility index (Phi) is 8.88. The molecule has 2 aliphatic heterocycles. The summed E-state index contributed by atoms with van der Waals surface area (Å²) in [5, 5.41) is 36.2. The smallest absolute Gasteiger partial charge is 0.412 e. The number of aliphatic hydroxyl groups is 2. The van der Waals surface area contributed by atoms with E-state index < -0.39 is 42.4 Å². The molecule has 0 radical (unpaired) electrons. The monoisotopic (exact) mass is 536 g/mol. The Morgan fingerprint density at radius 3 is 2.16 bits per heavy atom. The standard InChI is InChI=1S/C17H17ClN6O3.C4H6O6/c1-22-6-8-23(9-7-22)17(26)27-16-14-13(19-4-5-20-14)15(25)24(16)12-3-2-11(18)10-21-12;5-1(3(7)8)2(6)4(9)10/h2-5,10,16H,6-9H2,1H3;1-2,5-6H,(H,7,8)(H,9,10)/p-2. The Hall–Kier alpha value is -3.92. The van der Waals surface area contributed by atoms with Crippen LogP contribution < -0.4 is 15.1 Å². The highest BCUT2D eigenvalue weighted by molar-refractivity contribution is 6.30. The fourth-order valence-corrected chi connectivity index (χ4v) is 3.41. The SMILES string of the molecule is CN1CCN(C(=O)OC2c3nccnc3C(=O)N2c2ccc(Cl)cn2)CC1.O=C([O-])C(O)C(O)C(=O)[O-]. The minimum absolute atomic E-state index is 0.144. The third-order valence-corrected chi connectivity index (χ3v) is 5.55. The van der Waals surface area contributed by atoms with Gasteiger partial charge in [0.25, 0.3) is 5.91 Å². The van der Waals surface area contributed by atoms with Crippen LogP contribution in [0.5, 0.6) is 0 Å². The summed E-state index contributed by atoms with van der Waals surface area (Å²) in [6.07, 6.45) is -2.10. The van der Waals surface area contributed by atoms with Crippen molar-refractivity contribution in [2.45, 2.75) is 18.4 Å². The molecule has 2 aliphatic rings. The van der Waals surface area contributed by atoms with E-state index in [4.69, 9.17) is 26.6 Å². The first-order valence-corrected chi connectivity index (χ1v) is 11.1. The van der Waals surface area contributed by atoms with Crippen molar-refractivity contribution in [1.29, 1.82) is 0 Å². The van der Waals surface area contributed by atoms with Crippen LogP contribution in [0.25, 0.3) is 0 Å². The van der Waals surface area contributed by atoms with Crippen molar-refractivity contribution in [2.75, 3.05) is 38.1 Å². The summed E-state index contributed by atoms with van der Waals surface area (Å²) in [5.74, 6) is -4.24. The number of likely N-dealkylation sites (N-methyl/N-ethyl adjacent to an activating group) is 1. The number of carbonyl (C=O) groups is 4. The van der Waals surface area contributed by atoms with Gasteiger partial charge < -0.3 is 44.6 Å². The van der Waals surface area contributed by atoms with Crippen LogP contribution in [0.4, 0.5) is 10.6 Å². The number of aromatic nitrogens is 3. The van der Waals surface area contributed by atoms with E-state index in [1.54, 1.807) is 17.0 Å². The van der Waals surface area contributed by atoms with Crippen LogP contribution in [0.2, 0.25) is 5.02 Å². The normalized spacial score (nSPS) is 18.8. The molecule has 1 fully saturated rings. The number of rotatable bonds is 5. The molecule has 3 atom stereocenters. The van der Waals surface area contributed by atoms with E-state index in [1.807, 2.05) is 7.05 Å². The number of aliphatic hydroxyl groups excluding tert-OH is 2. The molecular weight excluding hydrogens is 516 g/mol. The Labute approximate surface area is 214 Å². The van der Waals surface area contributed by atoms with Crippen LogP contribution >= 0.6 is 11.6 Å². The van der Waals surface area contributed by atoms with E-state index in [9.17, 15) is 29.4 Å². The second kappa shape index (κ2) is 11.9. The van der Waals surface area contributed by atoms with E-state index in [-0.39, 0.29) is 5.69 Å². The largest absolute Gasteiger partial charge is 0.547 e. The summed E-state index contributed by atoms with van der Waals surface area (Å²) in [4.78, 5) is 62.3. The maximum Gasteiger partial charge on any atom is 0.412 e. The van der Waals surface area contributed by atoms with Gasteiger partial charge in [0.2, 0.25) is 6.23 Å². The van der Waals surface area contributed by atoms with Gasteiger partial charge >= 0.3 is 6.09 Å². The van der Waals surface area contributed by atoms with Gasteiger partial charge in [-0.15, -0.1) is 0 Å². The van der Waals surface area contributed by atoms with Gasteiger partial charge in [0.15, 0.2) is 5.69 Å². The summed E-state index contributed by atoms with van der Waals surface area (Å²) in [5.41, 5.74) is 0.437. The maximum absolute atomic E-state index is 12.8. The van der Waals surface area contributed by atoms with E-state index in [1.165, 1.54) is 23.5 Å². The lowest BCUT2D eigenvalue weighted by molar-refractivity contribution is -0.333. The highest BCUT2D eigenvalue weighted by Crippen LogP contribution is 2.35. The lowest BCUT2D eigenvalue weighted by atomic mass is 10.2. The molecule has 3 unspecified atom stereocenters. The average molecular weight is 537 g/mol. The van der Waals surface area contributed by atoms with E-state index >= 15 is 0 Å². The van der Waals surface area contributed by atoms with Crippen LogP contribution in [-0.2, 0) is 14.3 Å². The zero-order valence-corrected chi connectivity index (χ0v) is 20.0. The number of amides is 2. The number of aliphatic carboxylic acids is 2. The summed E-state index contributed by atoms with van der Waals surface area (Å²) < 4.78 is 5.68. The van der Waals surface area contributed by atoms with Gasteiger partial charge in [-0.1, -0.05) is 11.6 Å².